The topological polar surface area (TPSA) is 68.3 Å². The molecule has 0 spiro atoms. The van der Waals surface area contributed by atoms with E-state index in [1.54, 1.807) is 11.3 Å². The Balaban J connectivity index is 1.78. The van der Waals surface area contributed by atoms with Gasteiger partial charge >= 0.3 is 5.97 Å². The molecule has 1 N–H and O–H groups in total. The second kappa shape index (κ2) is 9.85. The Bertz CT molecular complexity index is 969. The predicted octanol–water partition coefficient (Wildman–Crippen LogP) is 4.64. The van der Waals surface area contributed by atoms with E-state index in [1.165, 1.54) is 0 Å². The van der Waals surface area contributed by atoms with Crippen LogP contribution in [0.15, 0.2) is 54.6 Å². The summed E-state index contributed by atoms with van der Waals surface area (Å²) in [5, 5.41) is 3.73. The Morgan fingerprint density at radius 2 is 1.83 bits per heavy atom. The van der Waals surface area contributed by atoms with E-state index in [0.29, 0.717) is 6.42 Å². The van der Waals surface area contributed by atoms with Crippen LogP contribution in [0.5, 0.6) is 0 Å². The van der Waals surface area contributed by atoms with Gasteiger partial charge in [-0.05, 0) is 38.0 Å². The van der Waals surface area contributed by atoms with Gasteiger partial charge in [0.1, 0.15) is 0 Å². The Kier molecular flexibility index (Phi) is 7.21. The maximum absolute atomic E-state index is 13.2. The Morgan fingerprint density at radius 3 is 2.53 bits per heavy atom. The van der Waals surface area contributed by atoms with Gasteiger partial charge in [-0.1, -0.05) is 55.8 Å². The zero-order valence-electron chi connectivity index (χ0n) is 17.7. The second-order valence-corrected chi connectivity index (χ2v) is 8.90. The van der Waals surface area contributed by atoms with Crippen molar-refractivity contribution in [1.29, 1.82) is 0 Å². The summed E-state index contributed by atoms with van der Waals surface area (Å²) in [6.07, 6.45) is 2.28. The van der Waals surface area contributed by atoms with Gasteiger partial charge in [0.25, 0.3) is 5.91 Å². The first-order chi connectivity index (χ1) is 14.4. The van der Waals surface area contributed by atoms with Crippen molar-refractivity contribution in [1.82, 2.24) is 10.3 Å². The van der Waals surface area contributed by atoms with Crippen molar-refractivity contribution in [3.05, 3.63) is 65.2 Å². The number of amides is 1. The molecular weight excluding hydrogens is 396 g/mol. The van der Waals surface area contributed by atoms with Gasteiger partial charge in [-0.3, -0.25) is 9.59 Å². The first kappa shape index (κ1) is 22.0. The van der Waals surface area contributed by atoms with Crippen molar-refractivity contribution in [3.63, 3.8) is 0 Å². The van der Waals surface area contributed by atoms with E-state index in [-0.39, 0.29) is 18.6 Å². The number of para-hydroxylation sites is 1. The number of ether oxygens (including phenoxy) is 1. The van der Waals surface area contributed by atoms with E-state index in [2.05, 4.69) is 12.2 Å². The maximum atomic E-state index is 13.2. The molecule has 0 aliphatic carbocycles. The van der Waals surface area contributed by atoms with Gasteiger partial charge in [-0.25, -0.2) is 4.98 Å². The number of fused-ring (bicyclic) bond motifs is 1. The SMILES string of the molecule is CCC[C@@H](C)NC(=O)COC(=O)[C@](C)(Cc1nc2ccccc2s1)c1ccccc1. The Morgan fingerprint density at radius 1 is 1.13 bits per heavy atom. The number of esters is 1. The fourth-order valence-corrected chi connectivity index (χ4v) is 4.63. The highest BCUT2D eigenvalue weighted by atomic mass is 32.1. The van der Waals surface area contributed by atoms with Crippen molar-refractivity contribution in [3.8, 4) is 0 Å². The van der Waals surface area contributed by atoms with Crippen LogP contribution in [0.1, 0.15) is 44.2 Å². The lowest BCUT2D eigenvalue weighted by molar-refractivity contribution is -0.154. The number of hydrogen-bond acceptors (Lipinski definition) is 5. The zero-order chi connectivity index (χ0) is 21.6. The van der Waals surface area contributed by atoms with Crippen molar-refractivity contribution in [2.45, 2.75) is 51.5 Å². The molecule has 0 saturated heterocycles. The molecule has 1 heterocycles. The van der Waals surface area contributed by atoms with Gasteiger partial charge in [0.2, 0.25) is 0 Å². The lowest BCUT2D eigenvalue weighted by Gasteiger charge is -2.27. The highest BCUT2D eigenvalue weighted by molar-refractivity contribution is 7.18. The summed E-state index contributed by atoms with van der Waals surface area (Å²) in [5.74, 6) is -0.703. The monoisotopic (exact) mass is 424 g/mol. The summed E-state index contributed by atoms with van der Waals surface area (Å²) in [6.45, 7) is 5.59. The van der Waals surface area contributed by atoms with Crippen molar-refractivity contribution in [2.24, 2.45) is 0 Å². The first-order valence-corrected chi connectivity index (χ1v) is 11.1. The van der Waals surface area contributed by atoms with Gasteiger partial charge in [-0.15, -0.1) is 11.3 Å². The van der Waals surface area contributed by atoms with Gasteiger partial charge in [0.05, 0.1) is 20.6 Å². The molecule has 6 heteroatoms. The maximum Gasteiger partial charge on any atom is 0.317 e. The molecule has 0 bridgehead atoms. The number of carbonyl (C=O) groups is 2. The highest BCUT2D eigenvalue weighted by Crippen LogP contribution is 2.33. The number of nitrogens with one attached hydrogen (secondary N) is 1. The van der Waals surface area contributed by atoms with E-state index in [1.807, 2.05) is 68.4 Å². The van der Waals surface area contributed by atoms with Crippen LogP contribution in [0.25, 0.3) is 10.2 Å². The molecule has 0 saturated carbocycles. The van der Waals surface area contributed by atoms with Crippen LogP contribution in [0, 0.1) is 0 Å². The molecule has 1 amide bonds. The summed E-state index contributed by atoms with van der Waals surface area (Å²) in [5.41, 5.74) is 0.823. The Hall–Kier alpha value is -2.73. The third-order valence-corrected chi connectivity index (χ3v) is 6.20. The fourth-order valence-electron chi connectivity index (χ4n) is 3.51. The molecule has 0 fully saturated rings. The van der Waals surface area contributed by atoms with E-state index >= 15 is 0 Å². The molecule has 5 nitrogen and oxygen atoms in total. The number of nitrogens with zero attached hydrogens (tertiary/aromatic N) is 1. The molecule has 0 radical (unpaired) electrons. The fraction of sp³-hybridized carbons (Fsp3) is 0.375. The lowest BCUT2D eigenvalue weighted by Crippen LogP contribution is -2.40. The predicted molar refractivity (Wildman–Crippen MR) is 121 cm³/mol. The minimum Gasteiger partial charge on any atom is -0.455 e. The van der Waals surface area contributed by atoms with Gasteiger partial charge in [-0.2, -0.15) is 0 Å². The molecule has 0 aliphatic rings. The molecule has 30 heavy (non-hydrogen) atoms. The molecule has 1 aromatic heterocycles. The van der Waals surface area contributed by atoms with Crippen LogP contribution in [0.3, 0.4) is 0 Å². The standard InChI is InChI=1S/C24H28N2O3S/c1-4-10-17(2)25-21(27)16-29-23(28)24(3,18-11-6-5-7-12-18)15-22-26-19-13-8-9-14-20(19)30-22/h5-9,11-14,17H,4,10,15-16H2,1-3H3,(H,25,27)/t17-,24-/m1/s1. The minimum atomic E-state index is -0.940. The van der Waals surface area contributed by atoms with Crippen molar-refractivity contribution in [2.75, 3.05) is 6.61 Å². The smallest absolute Gasteiger partial charge is 0.317 e. The van der Waals surface area contributed by atoms with E-state index in [0.717, 1.165) is 33.6 Å². The van der Waals surface area contributed by atoms with Crippen LogP contribution in [0.2, 0.25) is 0 Å². The average Bonchev–Trinajstić information content (AvgIpc) is 3.14. The third-order valence-electron chi connectivity index (χ3n) is 5.17. The zero-order valence-corrected chi connectivity index (χ0v) is 18.5. The van der Waals surface area contributed by atoms with E-state index < -0.39 is 11.4 Å². The molecule has 2 aromatic carbocycles. The number of carbonyl (C=O) groups excluding carboxylic acids is 2. The average molecular weight is 425 g/mol. The minimum absolute atomic E-state index is 0.0597. The molecular formula is C24H28N2O3S. The normalized spacial score (nSPS) is 14.1. The highest BCUT2D eigenvalue weighted by Gasteiger charge is 2.38. The number of thiazole rings is 1. The van der Waals surface area contributed by atoms with Crippen molar-refractivity contribution < 1.29 is 14.3 Å². The molecule has 2 atom stereocenters. The Labute approximate surface area is 181 Å². The summed E-state index contributed by atoms with van der Waals surface area (Å²) in [4.78, 5) is 30.0. The van der Waals surface area contributed by atoms with Crippen LogP contribution < -0.4 is 5.32 Å². The van der Waals surface area contributed by atoms with Crippen LogP contribution >= 0.6 is 11.3 Å². The third kappa shape index (κ3) is 5.25. The first-order valence-electron chi connectivity index (χ1n) is 10.3. The van der Waals surface area contributed by atoms with Crippen LogP contribution in [-0.2, 0) is 26.2 Å². The molecule has 0 aliphatic heterocycles. The van der Waals surface area contributed by atoms with Crippen LogP contribution in [-0.4, -0.2) is 29.5 Å². The number of hydrogen-bond donors (Lipinski definition) is 1. The summed E-state index contributed by atoms with van der Waals surface area (Å²) < 4.78 is 6.56. The molecule has 0 unspecified atom stereocenters. The number of benzene rings is 2. The van der Waals surface area contributed by atoms with Gasteiger partial charge < -0.3 is 10.1 Å². The van der Waals surface area contributed by atoms with Gasteiger partial charge in [0, 0.05) is 12.5 Å². The summed E-state index contributed by atoms with van der Waals surface area (Å²) >= 11 is 1.58. The summed E-state index contributed by atoms with van der Waals surface area (Å²) in [6, 6.07) is 17.5. The molecule has 3 aromatic rings. The van der Waals surface area contributed by atoms with Crippen LogP contribution in [0.4, 0.5) is 0 Å². The summed E-state index contributed by atoms with van der Waals surface area (Å²) in [7, 11) is 0. The largest absolute Gasteiger partial charge is 0.455 e. The quantitative estimate of drug-likeness (QED) is 0.508. The van der Waals surface area contributed by atoms with E-state index in [9.17, 15) is 9.59 Å². The van der Waals surface area contributed by atoms with E-state index in [4.69, 9.17) is 9.72 Å². The lowest BCUT2D eigenvalue weighted by atomic mass is 9.79. The van der Waals surface area contributed by atoms with Crippen molar-refractivity contribution >= 4 is 33.4 Å². The molecule has 3 rings (SSSR count). The number of aromatic nitrogens is 1. The van der Waals surface area contributed by atoms with Gasteiger partial charge in [0.15, 0.2) is 6.61 Å². The second-order valence-electron chi connectivity index (χ2n) is 7.78. The number of rotatable bonds is 9. The molecule has 158 valence electrons.